The molecule has 0 aliphatic heterocycles. The monoisotopic (exact) mass is 693 g/mol. The molecule has 2 nitrogen and oxygen atoms in total. The van der Waals surface area contributed by atoms with Gasteiger partial charge in [0.1, 0.15) is 5.58 Å². The molecule has 0 saturated carbocycles. The molecule has 0 N–H and O–H groups in total. The number of hydrogen-bond acceptors (Lipinski definition) is 3. The summed E-state index contributed by atoms with van der Waals surface area (Å²) in [5.41, 5.74) is 9.68. The molecular weight excluding hydrogens is 663 g/mol. The van der Waals surface area contributed by atoms with Gasteiger partial charge in [-0.2, -0.15) is 0 Å². The van der Waals surface area contributed by atoms with E-state index in [1.54, 1.807) is 0 Å². The molecule has 2 heterocycles. The van der Waals surface area contributed by atoms with E-state index in [2.05, 4.69) is 193 Å². The first-order valence-electron chi connectivity index (χ1n) is 18.0. The Hall–Kier alpha value is -6.68. The van der Waals surface area contributed by atoms with Crippen LogP contribution in [0.25, 0.3) is 85.9 Å². The predicted octanol–water partition coefficient (Wildman–Crippen LogP) is 15.1. The van der Waals surface area contributed by atoms with Gasteiger partial charge in [0, 0.05) is 47.6 Å². The Morgan fingerprint density at radius 3 is 1.94 bits per heavy atom. The van der Waals surface area contributed by atoms with Crippen LogP contribution in [0.2, 0.25) is 0 Å². The van der Waals surface area contributed by atoms with Gasteiger partial charge in [0.05, 0.1) is 11.4 Å². The maximum absolute atomic E-state index is 6.98. The molecule has 11 rings (SSSR count). The van der Waals surface area contributed by atoms with Gasteiger partial charge in [0.25, 0.3) is 0 Å². The fourth-order valence-corrected chi connectivity index (χ4v) is 9.32. The Bertz CT molecular complexity index is 3180. The highest BCUT2D eigenvalue weighted by Crippen LogP contribution is 2.47. The number of anilines is 3. The van der Waals surface area contributed by atoms with Crippen LogP contribution in [0.1, 0.15) is 0 Å². The summed E-state index contributed by atoms with van der Waals surface area (Å²) in [6.07, 6.45) is 0. The van der Waals surface area contributed by atoms with Crippen LogP contribution >= 0.6 is 11.3 Å². The van der Waals surface area contributed by atoms with Crippen LogP contribution in [-0.4, -0.2) is 0 Å². The minimum Gasteiger partial charge on any atom is -0.453 e. The van der Waals surface area contributed by atoms with E-state index in [1.807, 2.05) is 11.3 Å². The lowest BCUT2D eigenvalue weighted by Crippen LogP contribution is -2.10. The molecule has 2 aromatic heterocycles. The quantitative estimate of drug-likeness (QED) is 0.178. The first kappa shape index (κ1) is 30.0. The smallest absolute Gasteiger partial charge is 0.159 e. The van der Waals surface area contributed by atoms with Gasteiger partial charge in [-0.3, -0.25) is 0 Å². The first-order chi connectivity index (χ1) is 26.3. The summed E-state index contributed by atoms with van der Waals surface area (Å²) in [7, 11) is 0. The van der Waals surface area contributed by atoms with E-state index >= 15 is 0 Å². The van der Waals surface area contributed by atoms with Crippen molar-refractivity contribution in [3.8, 4) is 22.3 Å². The lowest BCUT2D eigenvalue weighted by atomic mass is 9.96. The van der Waals surface area contributed by atoms with Crippen molar-refractivity contribution in [3.63, 3.8) is 0 Å². The molecule has 0 radical (unpaired) electrons. The van der Waals surface area contributed by atoms with Crippen LogP contribution in [-0.2, 0) is 0 Å². The molecule has 9 aromatic carbocycles. The Morgan fingerprint density at radius 2 is 1.02 bits per heavy atom. The highest BCUT2D eigenvalue weighted by atomic mass is 32.1. The van der Waals surface area contributed by atoms with Crippen molar-refractivity contribution >= 4 is 92.1 Å². The van der Waals surface area contributed by atoms with Crippen molar-refractivity contribution in [2.24, 2.45) is 0 Å². The predicted molar refractivity (Wildman–Crippen MR) is 227 cm³/mol. The molecule has 0 unspecified atom stereocenters. The van der Waals surface area contributed by atoms with Crippen LogP contribution in [0.4, 0.5) is 17.1 Å². The summed E-state index contributed by atoms with van der Waals surface area (Å²) in [4.78, 5) is 2.38. The maximum Gasteiger partial charge on any atom is 0.159 e. The Labute approximate surface area is 310 Å². The Morgan fingerprint density at radius 1 is 0.377 bits per heavy atom. The SMILES string of the molecule is c1ccc(-c2cccc3c2oc2c(N(c4ccc5cc(-c6cccc7sc8ccccc8c67)ccc5c4)c4cccc5ccccc45)cccc23)cc1. The van der Waals surface area contributed by atoms with E-state index in [-0.39, 0.29) is 0 Å². The summed E-state index contributed by atoms with van der Waals surface area (Å²) in [5, 5.41) is 9.62. The third kappa shape index (κ3) is 4.78. The van der Waals surface area contributed by atoms with Gasteiger partial charge in [-0.1, -0.05) is 146 Å². The van der Waals surface area contributed by atoms with E-state index < -0.39 is 0 Å². The van der Waals surface area contributed by atoms with Crippen molar-refractivity contribution in [2.75, 3.05) is 4.90 Å². The second-order valence-corrected chi connectivity index (χ2v) is 14.7. The molecule has 0 fully saturated rings. The zero-order chi connectivity index (χ0) is 34.9. The lowest BCUT2D eigenvalue weighted by Gasteiger charge is -2.27. The topological polar surface area (TPSA) is 16.4 Å². The number of furan rings is 1. The van der Waals surface area contributed by atoms with Gasteiger partial charge >= 0.3 is 0 Å². The van der Waals surface area contributed by atoms with Gasteiger partial charge in [-0.05, 0) is 75.3 Å². The number of nitrogens with zero attached hydrogens (tertiary/aromatic N) is 1. The van der Waals surface area contributed by atoms with Crippen LogP contribution in [0.5, 0.6) is 0 Å². The second kappa shape index (κ2) is 11.9. The molecule has 0 aliphatic carbocycles. The summed E-state index contributed by atoms with van der Waals surface area (Å²) >= 11 is 1.86. The van der Waals surface area contributed by atoms with Crippen LogP contribution in [0.15, 0.2) is 192 Å². The standard InChI is InChI=1S/C50H31NOS/c1-2-12-33(13-3-1)40-19-9-20-41-42-21-10-23-45(50(42)52-49(40)41)51(44-22-8-15-32-14-4-5-16-38(32)44)37-29-28-34-30-36(27-26-35(34)31-37)39-18-11-25-47-48(39)43-17-6-7-24-46(43)53-47/h1-31H. The largest absolute Gasteiger partial charge is 0.453 e. The molecule has 0 aliphatic rings. The van der Waals surface area contributed by atoms with E-state index in [0.717, 1.165) is 50.1 Å². The Kier molecular flexibility index (Phi) is 6.76. The molecule has 0 amide bonds. The molecule has 0 saturated heterocycles. The number of hydrogen-bond donors (Lipinski definition) is 0. The average molecular weight is 694 g/mol. The van der Waals surface area contributed by atoms with Gasteiger partial charge in [0.15, 0.2) is 5.58 Å². The van der Waals surface area contributed by atoms with Crippen molar-refractivity contribution < 1.29 is 4.42 Å². The lowest BCUT2D eigenvalue weighted by molar-refractivity contribution is 0.670. The van der Waals surface area contributed by atoms with E-state index in [4.69, 9.17) is 4.42 Å². The third-order valence-electron chi connectivity index (χ3n) is 10.6. The Balaban J connectivity index is 1.11. The van der Waals surface area contributed by atoms with Crippen LogP contribution in [0, 0.1) is 0 Å². The first-order valence-corrected chi connectivity index (χ1v) is 18.8. The van der Waals surface area contributed by atoms with Gasteiger partial charge in [-0.15, -0.1) is 11.3 Å². The van der Waals surface area contributed by atoms with Crippen LogP contribution in [0.3, 0.4) is 0 Å². The van der Waals surface area contributed by atoms with Gasteiger partial charge in [-0.25, -0.2) is 0 Å². The molecule has 0 atom stereocenters. The van der Waals surface area contributed by atoms with Crippen LogP contribution < -0.4 is 4.90 Å². The summed E-state index contributed by atoms with van der Waals surface area (Å²) in [6.45, 7) is 0. The van der Waals surface area contributed by atoms with Gasteiger partial charge in [0.2, 0.25) is 0 Å². The van der Waals surface area contributed by atoms with E-state index in [1.165, 1.54) is 52.8 Å². The normalized spacial score (nSPS) is 11.8. The summed E-state index contributed by atoms with van der Waals surface area (Å²) in [5.74, 6) is 0. The second-order valence-electron chi connectivity index (χ2n) is 13.7. The minimum atomic E-state index is 0.866. The minimum absolute atomic E-state index is 0.866. The number of benzene rings is 9. The number of para-hydroxylation sites is 2. The molecular formula is C50H31NOS. The van der Waals surface area contributed by atoms with Gasteiger partial charge < -0.3 is 9.32 Å². The zero-order valence-corrected chi connectivity index (χ0v) is 29.5. The summed E-state index contributed by atoms with van der Waals surface area (Å²) in [6, 6.07) is 67.8. The summed E-state index contributed by atoms with van der Waals surface area (Å²) < 4.78 is 9.62. The third-order valence-corrected chi connectivity index (χ3v) is 11.8. The fourth-order valence-electron chi connectivity index (χ4n) is 8.19. The van der Waals surface area contributed by atoms with Crippen molar-refractivity contribution in [1.82, 2.24) is 0 Å². The highest BCUT2D eigenvalue weighted by molar-refractivity contribution is 7.25. The molecule has 11 aromatic rings. The van der Waals surface area contributed by atoms with E-state index in [0.29, 0.717) is 0 Å². The molecule has 0 spiro atoms. The molecule has 53 heavy (non-hydrogen) atoms. The van der Waals surface area contributed by atoms with Crippen molar-refractivity contribution in [3.05, 3.63) is 188 Å². The average Bonchev–Trinajstić information content (AvgIpc) is 3.80. The van der Waals surface area contributed by atoms with Crippen molar-refractivity contribution in [2.45, 2.75) is 0 Å². The zero-order valence-electron chi connectivity index (χ0n) is 28.7. The molecule has 248 valence electrons. The molecule has 3 heteroatoms. The van der Waals surface area contributed by atoms with Crippen molar-refractivity contribution in [1.29, 1.82) is 0 Å². The maximum atomic E-state index is 6.98. The fraction of sp³-hybridized carbons (Fsp3) is 0. The van der Waals surface area contributed by atoms with E-state index in [9.17, 15) is 0 Å². The molecule has 0 bridgehead atoms. The number of fused-ring (bicyclic) bond motifs is 8. The number of thiophene rings is 1. The number of rotatable bonds is 5. The highest BCUT2D eigenvalue weighted by Gasteiger charge is 2.22.